The maximum Gasteiger partial charge on any atom is 0.269 e. The monoisotopic (exact) mass is 313 g/mol. The molecule has 0 spiro atoms. The molecule has 0 fully saturated rings. The summed E-state index contributed by atoms with van der Waals surface area (Å²) in [6, 6.07) is 11.2. The second kappa shape index (κ2) is 7.00. The standard InChI is InChI=1S/C17H19N3O3/c1-2-8-18-17(21)13-4-3-5-16(20-13)19-10-12-6-7-14-15(9-12)23-11-22-14/h3-7,9H,2,8,10-11H2,1H3,(H,18,21)(H,19,20). The van der Waals surface area contributed by atoms with Crippen molar-refractivity contribution in [3.8, 4) is 11.5 Å². The molecule has 1 aliphatic rings. The zero-order chi connectivity index (χ0) is 16.1. The quantitative estimate of drug-likeness (QED) is 0.857. The Labute approximate surface area is 134 Å². The van der Waals surface area contributed by atoms with Crippen LogP contribution in [-0.2, 0) is 6.54 Å². The van der Waals surface area contributed by atoms with Gasteiger partial charge >= 0.3 is 0 Å². The van der Waals surface area contributed by atoms with Crippen molar-refractivity contribution in [3.63, 3.8) is 0 Å². The molecule has 3 rings (SSSR count). The summed E-state index contributed by atoms with van der Waals surface area (Å²) < 4.78 is 10.7. The molecule has 0 aliphatic carbocycles. The Morgan fingerprint density at radius 2 is 2.09 bits per heavy atom. The lowest BCUT2D eigenvalue weighted by Crippen LogP contribution is -2.25. The summed E-state index contributed by atoms with van der Waals surface area (Å²) >= 11 is 0. The Hall–Kier alpha value is -2.76. The Kier molecular flexibility index (Phi) is 4.61. The van der Waals surface area contributed by atoms with E-state index in [0.29, 0.717) is 24.6 Å². The number of hydrogen-bond donors (Lipinski definition) is 2. The van der Waals surface area contributed by atoms with Crippen LogP contribution in [0.3, 0.4) is 0 Å². The molecule has 120 valence electrons. The number of hydrogen-bond acceptors (Lipinski definition) is 5. The van der Waals surface area contributed by atoms with E-state index in [1.54, 1.807) is 6.07 Å². The van der Waals surface area contributed by atoms with Crippen LogP contribution in [0.2, 0.25) is 0 Å². The highest BCUT2D eigenvalue weighted by Crippen LogP contribution is 2.32. The molecule has 0 saturated heterocycles. The number of amides is 1. The van der Waals surface area contributed by atoms with Crippen molar-refractivity contribution in [1.82, 2.24) is 10.3 Å². The van der Waals surface area contributed by atoms with Crippen LogP contribution in [0.25, 0.3) is 0 Å². The number of pyridine rings is 1. The van der Waals surface area contributed by atoms with Gasteiger partial charge in [-0.1, -0.05) is 19.1 Å². The van der Waals surface area contributed by atoms with Gasteiger partial charge in [0, 0.05) is 13.1 Å². The molecule has 1 aromatic heterocycles. The van der Waals surface area contributed by atoms with Gasteiger partial charge in [-0.2, -0.15) is 0 Å². The van der Waals surface area contributed by atoms with Crippen LogP contribution in [0.1, 0.15) is 29.4 Å². The Balaban J connectivity index is 1.63. The number of carbonyl (C=O) groups excluding carboxylic acids is 1. The number of nitrogens with zero attached hydrogens (tertiary/aromatic N) is 1. The number of anilines is 1. The van der Waals surface area contributed by atoms with E-state index < -0.39 is 0 Å². The fourth-order valence-corrected chi connectivity index (χ4v) is 2.23. The van der Waals surface area contributed by atoms with Crippen LogP contribution in [-0.4, -0.2) is 24.2 Å². The molecule has 0 bridgehead atoms. The first-order valence-electron chi connectivity index (χ1n) is 7.64. The molecule has 0 radical (unpaired) electrons. The number of ether oxygens (including phenoxy) is 2. The molecule has 0 saturated carbocycles. The zero-order valence-corrected chi connectivity index (χ0v) is 13.0. The lowest BCUT2D eigenvalue weighted by molar-refractivity contribution is 0.0949. The average Bonchev–Trinajstić information content (AvgIpc) is 3.06. The second-order valence-corrected chi connectivity index (χ2v) is 5.21. The maximum absolute atomic E-state index is 11.9. The summed E-state index contributed by atoms with van der Waals surface area (Å²) in [6.07, 6.45) is 0.897. The molecule has 6 heteroatoms. The zero-order valence-electron chi connectivity index (χ0n) is 13.0. The first kappa shape index (κ1) is 15.1. The summed E-state index contributed by atoms with van der Waals surface area (Å²) in [4.78, 5) is 16.3. The molecule has 2 heterocycles. The van der Waals surface area contributed by atoms with E-state index in [1.165, 1.54) is 0 Å². The summed E-state index contributed by atoms with van der Waals surface area (Å²) in [5, 5.41) is 6.03. The largest absolute Gasteiger partial charge is 0.454 e. The molecular formula is C17H19N3O3. The summed E-state index contributed by atoms with van der Waals surface area (Å²) in [6.45, 7) is 3.51. The smallest absolute Gasteiger partial charge is 0.269 e. The van der Waals surface area contributed by atoms with Crippen molar-refractivity contribution in [2.75, 3.05) is 18.7 Å². The van der Waals surface area contributed by atoms with Crippen LogP contribution in [0, 0.1) is 0 Å². The predicted molar refractivity (Wildman–Crippen MR) is 86.8 cm³/mol. The highest BCUT2D eigenvalue weighted by molar-refractivity contribution is 5.92. The van der Waals surface area contributed by atoms with E-state index in [1.807, 2.05) is 37.3 Å². The highest BCUT2D eigenvalue weighted by Gasteiger charge is 2.13. The Morgan fingerprint density at radius 3 is 2.96 bits per heavy atom. The minimum Gasteiger partial charge on any atom is -0.454 e. The fraction of sp³-hybridized carbons (Fsp3) is 0.294. The van der Waals surface area contributed by atoms with E-state index in [9.17, 15) is 4.79 Å². The Morgan fingerprint density at radius 1 is 1.22 bits per heavy atom. The molecule has 0 unspecified atom stereocenters. The van der Waals surface area contributed by atoms with Crippen LogP contribution in [0.5, 0.6) is 11.5 Å². The highest BCUT2D eigenvalue weighted by atomic mass is 16.7. The molecule has 2 aromatic rings. The number of nitrogens with one attached hydrogen (secondary N) is 2. The topological polar surface area (TPSA) is 72.5 Å². The normalized spacial score (nSPS) is 12.0. The molecule has 1 aliphatic heterocycles. The van der Waals surface area contributed by atoms with Gasteiger partial charge in [0.25, 0.3) is 5.91 Å². The fourth-order valence-electron chi connectivity index (χ4n) is 2.23. The Bertz CT molecular complexity index is 703. The molecule has 1 amide bonds. The third kappa shape index (κ3) is 3.71. The second-order valence-electron chi connectivity index (χ2n) is 5.21. The molecule has 23 heavy (non-hydrogen) atoms. The number of benzene rings is 1. The number of fused-ring (bicyclic) bond motifs is 1. The van der Waals surface area contributed by atoms with Gasteiger partial charge in [0.05, 0.1) is 0 Å². The SMILES string of the molecule is CCCNC(=O)c1cccc(NCc2ccc3c(c2)OCO3)n1. The van der Waals surface area contributed by atoms with E-state index >= 15 is 0 Å². The van der Waals surface area contributed by atoms with Gasteiger partial charge < -0.3 is 20.1 Å². The van der Waals surface area contributed by atoms with Crippen LogP contribution in [0.4, 0.5) is 5.82 Å². The molecule has 6 nitrogen and oxygen atoms in total. The number of aromatic nitrogens is 1. The minimum atomic E-state index is -0.154. The molecule has 1 aromatic carbocycles. The van der Waals surface area contributed by atoms with E-state index in [2.05, 4.69) is 15.6 Å². The first-order valence-corrected chi connectivity index (χ1v) is 7.64. The summed E-state index contributed by atoms with van der Waals surface area (Å²) in [7, 11) is 0. The number of rotatable bonds is 6. The minimum absolute atomic E-state index is 0.154. The van der Waals surface area contributed by atoms with Crippen molar-refractivity contribution < 1.29 is 14.3 Å². The van der Waals surface area contributed by atoms with Gasteiger partial charge in [-0.3, -0.25) is 4.79 Å². The summed E-state index contributed by atoms with van der Waals surface area (Å²) in [5.74, 6) is 2.02. The number of carbonyl (C=O) groups is 1. The first-order chi connectivity index (χ1) is 11.3. The van der Waals surface area contributed by atoms with Crippen molar-refractivity contribution in [2.45, 2.75) is 19.9 Å². The van der Waals surface area contributed by atoms with Gasteiger partial charge in [0.1, 0.15) is 11.5 Å². The van der Waals surface area contributed by atoms with E-state index in [0.717, 1.165) is 23.5 Å². The third-order valence-electron chi connectivity index (χ3n) is 3.43. The maximum atomic E-state index is 11.9. The van der Waals surface area contributed by atoms with Gasteiger partial charge in [-0.05, 0) is 36.2 Å². The van der Waals surface area contributed by atoms with Crippen molar-refractivity contribution in [2.24, 2.45) is 0 Å². The predicted octanol–water partition coefficient (Wildman–Crippen LogP) is 2.56. The van der Waals surface area contributed by atoms with Crippen molar-refractivity contribution in [3.05, 3.63) is 47.7 Å². The lowest BCUT2D eigenvalue weighted by Gasteiger charge is -2.08. The van der Waals surface area contributed by atoms with Crippen molar-refractivity contribution in [1.29, 1.82) is 0 Å². The lowest BCUT2D eigenvalue weighted by atomic mass is 10.2. The summed E-state index contributed by atoms with van der Waals surface area (Å²) in [5.41, 5.74) is 1.46. The van der Waals surface area contributed by atoms with E-state index in [-0.39, 0.29) is 12.7 Å². The van der Waals surface area contributed by atoms with E-state index in [4.69, 9.17) is 9.47 Å². The van der Waals surface area contributed by atoms with Gasteiger partial charge in [0.2, 0.25) is 6.79 Å². The average molecular weight is 313 g/mol. The third-order valence-corrected chi connectivity index (χ3v) is 3.43. The van der Waals surface area contributed by atoms with Crippen molar-refractivity contribution >= 4 is 11.7 Å². The van der Waals surface area contributed by atoms with Gasteiger partial charge in [-0.25, -0.2) is 4.98 Å². The molecular weight excluding hydrogens is 294 g/mol. The van der Waals surface area contributed by atoms with Crippen LogP contribution >= 0.6 is 0 Å². The van der Waals surface area contributed by atoms with Gasteiger partial charge in [-0.15, -0.1) is 0 Å². The molecule has 2 N–H and O–H groups in total. The van der Waals surface area contributed by atoms with Crippen LogP contribution < -0.4 is 20.1 Å². The van der Waals surface area contributed by atoms with Gasteiger partial charge in [0.15, 0.2) is 11.5 Å². The molecule has 0 atom stereocenters. The van der Waals surface area contributed by atoms with Crippen LogP contribution in [0.15, 0.2) is 36.4 Å².